The van der Waals surface area contributed by atoms with E-state index in [1.807, 2.05) is 6.92 Å². The summed E-state index contributed by atoms with van der Waals surface area (Å²) in [4.78, 5) is 13.6. The number of aromatic nitrogens is 3. The third-order valence-corrected chi connectivity index (χ3v) is 4.41. The van der Waals surface area contributed by atoms with E-state index in [4.69, 9.17) is 10.5 Å². The van der Waals surface area contributed by atoms with Gasteiger partial charge in [0.05, 0.1) is 0 Å². The van der Waals surface area contributed by atoms with Gasteiger partial charge in [-0.15, -0.1) is 10.2 Å². The molecule has 0 aromatic carbocycles. The molecule has 3 rings (SSSR count). The second-order valence-electron chi connectivity index (χ2n) is 5.55. The summed E-state index contributed by atoms with van der Waals surface area (Å²) in [6, 6.07) is 0. The predicted molar refractivity (Wildman–Crippen MR) is 73.5 cm³/mol. The molecule has 0 aliphatic carbocycles. The van der Waals surface area contributed by atoms with Crippen molar-refractivity contribution >= 4 is 11.9 Å². The van der Waals surface area contributed by atoms with Crippen LogP contribution in [-0.2, 0) is 11.3 Å². The van der Waals surface area contributed by atoms with Crippen LogP contribution >= 0.6 is 0 Å². The first-order valence-electron chi connectivity index (χ1n) is 7.26. The molecule has 2 atom stereocenters. The third kappa shape index (κ3) is 2.26. The largest absolute Gasteiger partial charge is 0.381 e. The van der Waals surface area contributed by atoms with Crippen LogP contribution in [0, 0.1) is 11.8 Å². The zero-order chi connectivity index (χ0) is 14.1. The maximum Gasteiger partial charge on any atom is 0.286 e. The monoisotopic (exact) mass is 279 g/mol. The summed E-state index contributed by atoms with van der Waals surface area (Å²) in [5.74, 6) is 1.80. The van der Waals surface area contributed by atoms with Crippen LogP contribution in [0.2, 0.25) is 0 Å². The lowest BCUT2D eigenvalue weighted by Crippen LogP contribution is -2.27. The van der Waals surface area contributed by atoms with Gasteiger partial charge in [0, 0.05) is 32.8 Å². The Balaban J connectivity index is 1.75. The number of carbonyl (C=O) groups is 1. The average Bonchev–Trinajstić information content (AvgIpc) is 3.16. The average molecular weight is 279 g/mol. The van der Waals surface area contributed by atoms with E-state index >= 15 is 0 Å². The molecule has 2 unspecified atom stereocenters. The molecular weight excluding hydrogens is 258 g/mol. The number of nitrogens with zero attached hydrogens (tertiary/aromatic N) is 4. The molecule has 3 heterocycles. The van der Waals surface area contributed by atoms with Gasteiger partial charge in [0.1, 0.15) is 0 Å². The molecule has 1 amide bonds. The molecule has 2 aliphatic heterocycles. The number of hydrogen-bond donors (Lipinski definition) is 1. The van der Waals surface area contributed by atoms with Gasteiger partial charge in [0.2, 0.25) is 11.8 Å². The van der Waals surface area contributed by atoms with Crippen LogP contribution in [0.3, 0.4) is 0 Å². The number of carbonyl (C=O) groups excluding carboxylic acids is 1. The van der Waals surface area contributed by atoms with Crippen LogP contribution in [0.5, 0.6) is 0 Å². The number of hydrogen-bond acceptors (Lipinski definition) is 5. The van der Waals surface area contributed by atoms with E-state index in [0.717, 1.165) is 45.1 Å². The number of nitrogens with two attached hydrogens (primary N) is 1. The van der Waals surface area contributed by atoms with E-state index in [9.17, 15) is 4.79 Å². The van der Waals surface area contributed by atoms with E-state index in [-0.39, 0.29) is 5.82 Å². The minimum absolute atomic E-state index is 0.246. The summed E-state index contributed by atoms with van der Waals surface area (Å²) >= 11 is 0. The highest BCUT2D eigenvalue weighted by atomic mass is 16.5. The molecule has 20 heavy (non-hydrogen) atoms. The second kappa shape index (κ2) is 5.40. The summed E-state index contributed by atoms with van der Waals surface area (Å²) < 4.78 is 7.28. The minimum atomic E-state index is -0.523. The van der Waals surface area contributed by atoms with Crippen molar-refractivity contribution in [1.29, 1.82) is 0 Å². The van der Waals surface area contributed by atoms with Crippen LogP contribution < -0.4 is 10.6 Å². The Morgan fingerprint density at radius 3 is 2.90 bits per heavy atom. The van der Waals surface area contributed by atoms with E-state index in [1.165, 1.54) is 0 Å². The van der Waals surface area contributed by atoms with Gasteiger partial charge in [-0.25, -0.2) is 0 Å². The molecule has 0 bridgehead atoms. The topological polar surface area (TPSA) is 86.3 Å². The molecule has 1 aromatic rings. The number of ether oxygens (including phenoxy) is 1. The minimum Gasteiger partial charge on any atom is -0.381 e. The zero-order valence-corrected chi connectivity index (χ0v) is 11.8. The number of anilines is 1. The van der Waals surface area contributed by atoms with Gasteiger partial charge >= 0.3 is 0 Å². The molecule has 0 spiro atoms. The molecular formula is C13H21N5O2. The summed E-state index contributed by atoms with van der Waals surface area (Å²) in [5.41, 5.74) is 5.33. The number of rotatable bonds is 4. The van der Waals surface area contributed by atoms with E-state index < -0.39 is 5.91 Å². The second-order valence-corrected chi connectivity index (χ2v) is 5.55. The molecule has 2 saturated heterocycles. The van der Waals surface area contributed by atoms with Crippen molar-refractivity contribution in [3.63, 3.8) is 0 Å². The first kappa shape index (κ1) is 13.4. The van der Waals surface area contributed by atoms with E-state index in [0.29, 0.717) is 18.4 Å². The summed E-state index contributed by atoms with van der Waals surface area (Å²) in [6.07, 6.45) is 2.31. The van der Waals surface area contributed by atoms with Gasteiger partial charge in [0.15, 0.2) is 0 Å². The van der Waals surface area contributed by atoms with Gasteiger partial charge in [-0.2, -0.15) is 0 Å². The SMILES string of the molecule is CCn1c(C(N)=O)nnc1N1CCC(C2CCOC2)C1. The van der Waals surface area contributed by atoms with E-state index in [1.54, 1.807) is 4.57 Å². The van der Waals surface area contributed by atoms with Crippen LogP contribution in [0.25, 0.3) is 0 Å². The van der Waals surface area contributed by atoms with E-state index in [2.05, 4.69) is 15.1 Å². The lowest BCUT2D eigenvalue weighted by molar-refractivity contribution is 0.0986. The summed E-state index contributed by atoms with van der Waals surface area (Å²) in [5, 5.41) is 8.08. The Labute approximate surface area is 118 Å². The fraction of sp³-hybridized carbons (Fsp3) is 0.769. The molecule has 0 saturated carbocycles. The zero-order valence-electron chi connectivity index (χ0n) is 11.8. The van der Waals surface area contributed by atoms with Crippen LogP contribution in [0.1, 0.15) is 30.4 Å². The van der Waals surface area contributed by atoms with Crippen LogP contribution in [-0.4, -0.2) is 47.0 Å². The van der Waals surface area contributed by atoms with Gasteiger partial charge in [-0.1, -0.05) is 0 Å². The smallest absolute Gasteiger partial charge is 0.286 e. The Kier molecular flexibility index (Phi) is 3.60. The van der Waals surface area contributed by atoms with Crippen LogP contribution in [0.15, 0.2) is 0 Å². The number of primary amides is 1. The number of amides is 1. The van der Waals surface area contributed by atoms with Crippen molar-refractivity contribution in [2.75, 3.05) is 31.2 Å². The third-order valence-electron chi connectivity index (χ3n) is 4.41. The fourth-order valence-electron chi connectivity index (χ4n) is 3.28. The van der Waals surface area contributed by atoms with Crippen molar-refractivity contribution in [3.05, 3.63) is 5.82 Å². The molecule has 2 aliphatic rings. The summed E-state index contributed by atoms with van der Waals surface area (Å²) in [7, 11) is 0. The molecule has 110 valence electrons. The van der Waals surface area contributed by atoms with Crippen molar-refractivity contribution in [3.8, 4) is 0 Å². The standard InChI is InChI=1S/C13H21N5O2/c1-2-18-12(11(14)19)15-16-13(18)17-5-3-9(7-17)10-4-6-20-8-10/h9-10H,2-8H2,1H3,(H2,14,19). The Morgan fingerprint density at radius 1 is 1.40 bits per heavy atom. The Morgan fingerprint density at radius 2 is 2.25 bits per heavy atom. The van der Waals surface area contributed by atoms with Crippen molar-refractivity contribution < 1.29 is 9.53 Å². The lowest BCUT2D eigenvalue weighted by atomic mass is 9.91. The van der Waals surface area contributed by atoms with Crippen molar-refractivity contribution in [2.24, 2.45) is 17.6 Å². The Hall–Kier alpha value is -1.63. The van der Waals surface area contributed by atoms with Gasteiger partial charge in [-0.05, 0) is 31.6 Å². The molecule has 0 radical (unpaired) electrons. The van der Waals surface area contributed by atoms with Gasteiger partial charge < -0.3 is 15.4 Å². The van der Waals surface area contributed by atoms with Crippen molar-refractivity contribution in [2.45, 2.75) is 26.3 Å². The summed E-state index contributed by atoms with van der Waals surface area (Å²) in [6.45, 7) is 6.30. The lowest BCUT2D eigenvalue weighted by Gasteiger charge is -2.20. The normalized spacial score (nSPS) is 26.4. The first-order valence-corrected chi connectivity index (χ1v) is 7.26. The van der Waals surface area contributed by atoms with Gasteiger partial charge in [0.25, 0.3) is 5.91 Å². The molecule has 2 N–H and O–H groups in total. The van der Waals surface area contributed by atoms with Crippen LogP contribution in [0.4, 0.5) is 5.95 Å². The quantitative estimate of drug-likeness (QED) is 0.854. The maximum atomic E-state index is 11.3. The molecule has 7 heteroatoms. The highest BCUT2D eigenvalue weighted by Crippen LogP contribution is 2.32. The first-order chi connectivity index (χ1) is 9.70. The van der Waals surface area contributed by atoms with Gasteiger partial charge in [-0.3, -0.25) is 9.36 Å². The fourth-order valence-corrected chi connectivity index (χ4v) is 3.28. The predicted octanol–water partition coefficient (Wildman–Crippen LogP) is 0.260. The molecule has 7 nitrogen and oxygen atoms in total. The highest BCUT2D eigenvalue weighted by Gasteiger charge is 2.34. The maximum absolute atomic E-state index is 11.3. The molecule has 2 fully saturated rings. The van der Waals surface area contributed by atoms with Crippen molar-refractivity contribution in [1.82, 2.24) is 14.8 Å². The highest BCUT2D eigenvalue weighted by molar-refractivity contribution is 5.89. The molecule has 1 aromatic heterocycles. The Bertz CT molecular complexity index is 495.